The first-order valence-electron chi connectivity index (χ1n) is 9.42. The van der Waals surface area contributed by atoms with Crippen LogP contribution in [-0.2, 0) is 9.59 Å². The number of urea groups is 1. The molecule has 1 aromatic rings. The number of benzene rings is 1. The van der Waals surface area contributed by atoms with E-state index in [0.717, 1.165) is 24.2 Å². The Balaban J connectivity index is 1.71. The lowest BCUT2D eigenvalue weighted by Gasteiger charge is -2.35. The third-order valence-corrected chi connectivity index (χ3v) is 5.60. The van der Waals surface area contributed by atoms with Gasteiger partial charge in [-0.05, 0) is 37.1 Å². The molecule has 144 valence electrons. The zero-order valence-corrected chi connectivity index (χ0v) is 15.8. The molecule has 27 heavy (non-hydrogen) atoms. The number of hydrogen-bond donors (Lipinski definition) is 1. The van der Waals surface area contributed by atoms with Crippen molar-refractivity contribution in [2.75, 3.05) is 18.9 Å². The number of hydrogen-bond acceptors (Lipinski definition) is 4. The number of nitrogens with zero attached hydrogens (tertiary/aromatic N) is 2. The maximum Gasteiger partial charge on any atom is 0.327 e. The predicted octanol–water partition coefficient (Wildman–Crippen LogP) is 2.81. The zero-order valence-electron chi connectivity index (χ0n) is 15.8. The molecule has 1 aromatic carbocycles. The number of carbonyl (C=O) groups excluding carboxylic acids is 4. The van der Waals surface area contributed by atoms with Gasteiger partial charge in [-0.25, -0.2) is 4.79 Å². The highest BCUT2D eigenvalue weighted by Gasteiger charge is 2.55. The van der Waals surface area contributed by atoms with Crippen LogP contribution in [0.5, 0.6) is 0 Å². The molecule has 1 aliphatic carbocycles. The summed E-state index contributed by atoms with van der Waals surface area (Å²) >= 11 is 0. The van der Waals surface area contributed by atoms with Gasteiger partial charge in [0.15, 0.2) is 5.78 Å². The number of Topliss-reactive ketones (excluding diaryl/α,β-unsaturated/α-hetero) is 1. The molecule has 1 saturated heterocycles. The summed E-state index contributed by atoms with van der Waals surface area (Å²) in [7, 11) is 1.65. The van der Waals surface area contributed by atoms with Gasteiger partial charge in [0, 0.05) is 24.7 Å². The van der Waals surface area contributed by atoms with Gasteiger partial charge in [-0.2, -0.15) is 0 Å². The minimum Gasteiger partial charge on any atom is -0.326 e. The molecule has 0 aromatic heterocycles. The van der Waals surface area contributed by atoms with E-state index in [0.29, 0.717) is 30.5 Å². The summed E-state index contributed by atoms with van der Waals surface area (Å²) in [5, 5.41) is 2.71. The van der Waals surface area contributed by atoms with Crippen LogP contribution >= 0.6 is 0 Å². The second kappa shape index (κ2) is 7.50. The molecule has 1 spiro atoms. The summed E-state index contributed by atoms with van der Waals surface area (Å²) in [4.78, 5) is 52.2. The minimum atomic E-state index is -0.774. The van der Waals surface area contributed by atoms with E-state index in [9.17, 15) is 19.2 Å². The van der Waals surface area contributed by atoms with Crippen molar-refractivity contribution in [3.8, 4) is 0 Å². The summed E-state index contributed by atoms with van der Waals surface area (Å²) in [6.45, 7) is 1.50. The quantitative estimate of drug-likeness (QED) is 0.637. The van der Waals surface area contributed by atoms with Gasteiger partial charge in [-0.15, -0.1) is 0 Å². The van der Waals surface area contributed by atoms with E-state index in [2.05, 4.69) is 5.32 Å². The van der Waals surface area contributed by atoms with Gasteiger partial charge in [0.25, 0.3) is 5.91 Å². The number of likely N-dealkylation sites (N-methyl/N-ethyl adjacent to an activating group) is 1. The fourth-order valence-corrected chi connectivity index (χ4v) is 3.89. The minimum absolute atomic E-state index is 0.108. The first-order chi connectivity index (χ1) is 12.9. The highest BCUT2D eigenvalue weighted by molar-refractivity contribution is 6.11. The van der Waals surface area contributed by atoms with Crippen molar-refractivity contribution in [2.45, 2.75) is 51.0 Å². The first-order valence-corrected chi connectivity index (χ1v) is 9.42. The smallest absolute Gasteiger partial charge is 0.326 e. The number of amides is 4. The Morgan fingerprint density at radius 2 is 1.70 bits per heavy atom. The van der Waals surface area contributed by atoms with Crippen LogP contribution in [0.4, 0.5) is 10.5 Å². The topological polar surface area (TPSA) is 86.8 Å². The standard InChI is InChI=1S/C20H25N3O4/c1-3-17(25)21-15-9-7-14(8-10-15)16(24)13-23-18(26)20(22(2)19(23)27)11-5-4-6-12-20/h7-10H,3-6,11-13H2,1-2H3,(H,21,25). The Morgan fingerprint density at radius 1 is 1.07 bits per heavy atom. The lowest BCUT2D eigenvalue weighted by Crippen LogP contribution is -2.49. The van der Waals surface area contributed by atoms with Crippen molar-refractivity contribution in [1.82, 2.24) is 9.80 Å². The van der Waals surface area contributed by atoms with E-state index in [1.165, 1.54) is 4.90 Å². The summed E-state index contributed by atoms with van der Waals surface area (Å²) in [6, 6.07) is 6.08. The fraction of sp³-hybridized carbons (Fsp3) is 0.500. The predicted molar refractivity (Wildman–Crippen MR) is 100 cm³/mol. The summed E-state index contributed by atoms with van der Waals surface area (Å²) in [5.41, 5.74) is 0.231. The molecular weight excluding hydrogens is 346 g/mol. The van der Waals surface area contributed by atoms with Gasteiger partial charge in [-0.1, -0.05) is 26.2 Å². The number of carbonyl (C=O) groups is 4. The molecule has 0 bridgehead atoms. The monoisotopic (exact) mass is 371 g/mol. The lowest BCUT2D eigenvalue weighted by molar-refractivity contribution is -0.134. The van der Waals surface area contributed by atoms with Crippen LogP contribution < -0.4 is 5.32 Å². The van der Waals surface area contributed by atoms with Crippen molar-refractivity contribution in [1.29, 1.82) is 0 Å². The maximum atomic E-state index is 12.9. The largest absolute Gasteiger partial charge is 0.327 e. The molecule has 1 N–H and O–H groups in total. The Hall–Kier alpha value is -2.70. The van der Waals surface area contributed by atoms with Crippen molar-refractivity contribution in [2.24, 2.45) is 0 Å². The zero-order chi connectivity index (χ0) is 19.6. The molecule has 1 heterocycles. The molecule has 2 fully saturated rings. The number of nitrogens with one attached hydrogen (secondary N) is 1. The highest BCUT2D eigenvalue weighted by Crippen LogP contribution is 2.39. The van der Waals surface area contributed by atoms with E-state index in [1.807, 2.05) is 0 Å². The Kier molecular flexibility index (Phi) is 5.30. The van der Waals surface area contributed by atoms with E-state index >= 15 is 0 Å². The van der Waals surface area contributed by atoms with E-state index < -0.39 is 11.6 Å². The van der Waals surface area contributed by atoms with Gasteiger partial charge in [0.1, 0.15) is 5.54 Å². The first kappa shape index (κ1) is 19.1. The van der Waals surface area contributed by atoms with Crippen LogP contribution in [0.3, 0.4) is 0 Å². The molecule has 1 saturated carbocycles. The van der Waals surface area contributed by atoms with Gasteiger partial charge < -0.3 is 10.2 Å². The molecule has 7 nitrogen and oxygen atoms in total. The van der Waals surface area contributed by atoms with Gasteiger partial charge in [-0.3, -0.25) is 19.3 Å². The average molecular weight is 371 g/mol. The van der Waals surface area contributed by atoms with Crippen LogP contribution in [0.2, 0.25) is 0 Å². The summed E-state index contributed by atoms with van der Waals surface area (Å²) in [5.74, 6) is -0.663. The molecule has 3 rings (SSSR count). The molecule has 1 aliphatic heterocycles. The van der Waals surface area contributed by atoms with Crippen molar-refractivity contribution >= 4 is 29.3 Å². The summed E-state index contributed by atoms with van der Waals surface area (Å²) in [6.07, 6.45) is 4.58. The second-order valence-electron chi connectivity index (χ2n) is 7.23. The van der Waals surface area contributed by atoms with Gasteiger partial charge >= 0.3 is 6.03 Å². The fourth-order valence-electron chi connectivity index (χ4n) is 3.89. The van der Waals surface area contributed by atoms with Crippen LogP contribution in [-0.4, -0.2) is 52.6 Å². The van der Waals surface area contributed by atoms with E-state index in [1.54, 1.807) is 38.2 Å². The Morgan fingerprint density at radius 3 is 2.30 bits per heavy atom. The summed E-state index contributed by atoms with van der Waals surface area (Å²) < 4.78 is 0. The third kappa shape index (κ3) is 3.46. The van der Waals surface area contributed by atoms with Crippen molar-refractivity contribution in [3.05, 3.63) is 29.8 Å². The molecule has 4 amide bonds. The van der Waals surface area contributed by atoms with E-state index in [4.69, 9.17) is 0 Å². The van der Waals surface area contributed by atoms with E-state index in [-0.39, 0.29) is 24.1 Å². The average Bonchev–Trinajstić information content (AvgIpc) is 2.85. The molecule has 7 heteroatoms. The Bertz CT molecular complexity index is 766. The van der Waals surface area contributed by atoms with Crippen LogP contribution in [0.25, 0.3) is 0 Å². The highest BCUT2D eigenvalue weighted by atomic mass is 16.2. The second-order valence-corrected chi connectivity index (χ2v) is 7.23. The number of rotatable bonds is 5. The normalized spacial score (nSPS) is 18.9. The van der Waals surface area contributed by atoms with Crippen molar-refractivity contribution in [3.63, 3.8) is 0 Å². The van der Waals surface area contributed by atoms with Crippen molar-refractivity contribution < 1.29 is 19.2 Å². The molecule has 0 atom stereocenters. The lowest BCUT2D eigenvalue weighted by atomic mass is 9.80. The number of imide groups is 1. The molecular formula is C20H25N3O4. The van der Waals surface area contributed by atoms with Gasteiger partial charge in [0.05, 0.1) is 6.54 Å². The molecule has 0 radical (unpaired) electrons. The molecule has 2 aliphatic rings. The third-order valence-electron chi connectivity index (χ3n) is 5.60. The molecule has 0 unspecified atom stereocenters. The van der Waals surface area contributed by atoms with Gasteiger partial charge in [0.2, 0.25) is 5.91 Å². The maximum absolute atomic E-state index is 12.9. The number of anilines is 1. The van der Waals surface area contributed by atoms with Crippen LogP contribution in [0.1, 0.15) is 55.8 Å². The Labute approximate surface area is 158 Å². The SMILES string of the molecule is CCC(=O)Nc1ccc(C(=O)CN2C(=O)N(C)C3(CCCCC3)C2=O)cc1. The van der Waals surface area contributed by atoms with Crippen LogP contribution in [0, 0.1) is 0 Å². The van der Waals surface area contributed by atoms with Crippen LogP contribution in [0.15, 0.2) is 24.3 Å². The number of ketones is 1.